The molecule has 32 heavy (non-hydrogen) atoms. The number of benzene rings is 2. The third-order valence-corrected chi connectivity index (χ3v) is 4.52. The van der Waals surface area contributed by atoms with Crippen LogP contribution in [0.15, 0.2) is 71.5 Å². The maximum absolute atomic E-state index is 12.4. The molecule has 0 aliphatic carbocycles. The molecule has 2 heterocycles. The molecule has 0 atom stereocenters. The molecule has 8 nitrogen and oxygen atoms in total. The van der Waals surface area contributed by atoms with Gasteiger partial charge in [0.15, 0.2) is 11.5 Å². The first-order chi connectivity index (χ1) is 15.7. The second-order valence-electron chi connectivity index (χ2n) is 6.73. The average Bonchev–Trinajstić information content (AvgIpc) is 3.32. The van der Waals surface area contributed by atoms with Crippen LogP contribution in [0.25, 0.3) is 22.8 Å². The zero-order valence-electron chi connectivity index (χ0n) is 17.7. The lowest BCUT2D eigenvalue weighted by Crippen LogP contribution is -2.11. The van der Waals surface area contributed by atoms with Crippen LogP contribution < -0.4 is 14.8 Å². The smallest absolute Gasteiger partial charge is 0.258 e. The Kier molecular flexibility index (Phi) is 6.41. The second-order valence-corrected chi connectivity index (χ2v) is 6.73. The monoisotopic (exact) mass is 430 g/mol. The molecule has 0 spiro atoms. The maximum Gasteiger partial charge on any atom is 0.258 e. The van der Waals surface area contributed by atoms with Gasteiger partial charge < -0.3 is 19.3 Å². The third-order valence-electron chi connectivity index (χ3n) is 4.52. The Morgan fingerprint density at radius 3 is 2.59 bits per heavy atom. The van der Waals surface area contributed by atoms with Crippen molar-refractivity contribution in [2.75, 3.05) is 18.5 Å². The highest BCUT2D eigenvalue weighted by molar-refractivity contribution is 6.04. The summed E-state index contributed by atoms with van der Waals surface area (Å²) in [7, 11) is 0. The number of rotatable bonds is 8. The fourth-order valence-corrected chi connectivity index (χ4v) is 3.08. The van der Waals surface area contributed by atoms with Gasteiger partial charge in [0.25, 0.3) is 11.8 Å². The molecule has 0 saturated heterocycles. The van der Waals surface area contributed by atoms with Crippen LogP contribution >= 0.6 is 0 Å². The number of nitrogens with one attached hydrogen (secondary N) is 1. The minimum absolute atomic E-state index is 0.248. The molecule has 0 aliphatic heterocycles. The Balaban J connectivity index is 1.56. The van der Waals surface area contributed by atoms with Gasteiger partial charge in [-0.1, -0.05) is 17.3 Å². The molecule has 0 bridgehead atoms. The molecule has 0 fully saturated rings. The first-order valence-electron chi connectivity index (χ1n) is 10.2. The Hall–Kier alpha value is -4.20. The predicted octanol–water partition coefficient (Wildman–Crippen LogP) is 4.85. The standard InChI is InChI=1S/C24H22N4O4/c1-3-30-20-11-10-17(14-21(20)31-4-2)24-27-22(28-32-24)16-7-5-9-19(13-16)26-23(29)18-8-6-12-25-15-18/h5-15H,3-4H2,1-2H3,(H,26,29). The van der Waals surface area contributed by atoms with Crippen molar-refractivity contribution in [2.45, 2.75) is 13.8 Å². The van der Waals surface area contributed by atoms with E-state index in [2.05, 4.69) is 20.4 Å². The minimum atomic E-state index is -0.248. The van der Waals surface area contributed by atoms with E-state index in [4.69, 9.17) is 14.0 Å². The van der Waals surface area contributed by atoms with Gasteiger partial charge in [-0.25, -0.2) is 0 Å². The molecule has 2 aromatic carbocycles. The lowest BCUT2D eigenvalue weighted by atomic mass is 10.1. The number of amides is 1. The molecule has 1 N–H and O–H groups in total. The predicted molar refractivity (Wildman–Crippen MR) is 120 cm³/mol. The van der Waals surface area contributed by atoms with Crippen molar-refractivity contribution in [3.63, 3.8) is 0 Å². The van der Waals surface area contributed by atoms with Gasteiger partial charge in [-0.2, -0.15) is 4.98 Å². The largest absolute Gasteiger partial charge is 0.490 e. The normalized spacial score (nSPS) is 10.6. The van der Waals surface area contributed by atoms with Crippen molar-refractivity contribution in [3.8, 4) is 34.3 Å². The van der Waals surface area contributed by atoms with Crippen LogP contribution in [0.1, 0.15) is 24.2 Å². The van der Waals surface area contributed by atoms with Crippen molar-refractivity contribution in [3.05, 3.63) is 72.6 Å². The van der Waals surface area contributed by atoms with Crippen LogP contribution in [-0.4, -0.2) is 34.2 Å². The molecule has 4 rings (SSSR count). The van der Waals surface area contributed by atoms with E-state index in [0.717, 1.165) is 5.56 Å². The third kappa shape index (κ3) is 4.75. The van der Waals surface area contributed by atoms with E-state index in [-0.39, 0.29) is 5.91 Å². The van der Waals surface area contributed by atoms with Crippen LogP contribution in [0, 0.1) is 0 Å². The van der Waals surface area contributed by atoms with Crippen LogP contribution in [0.4, 0.5) is 5.69 Å². The summed E-state index contributed by atoms with van der Waals surface area (Å²) in [6.45, 7) is 4.88. The summed E-state index contributed by atoms with van der Waals surface area (Å²) >= 11 is 0. The number of hydrogen-bond donors (Lipinski definition) is 1. The number of carbonyl (C=O) groups excluding carboxylic acids is 1. The van der Waals surface area contributed by atoms with Gasteiger partial charge >= 0.3 is 0 Å². The summed E-state index contributed by atoms with van der Waals surface area (Å²) in [6.07, 6.45) is 3.13. The summed E-state index contributed by atoms with van der Waals surface area (Å²) in [6, 6.07) is 16.1. The van der Waals surface area contributed by atoms with E-state index in [0.29, 0.717) is 53.2 Å². The summed E-state index contributed by atoms with van der Waals surface area (Å²) in [5, 5.41) is 6.95. The highest BCUT2D eigenvalue weighted by atomic mass is 16.5. The van der Waals surface area contributed by atoms with Gasteiger partial charge in [0.1, 0.15) is 0 Å². The van der Waals surface area contributed by atoms with E-state index in [1.54, 1.807) is 30.5 Å². The molecule has 162 valence electrons. The van der Waals surface area contributed by atoms with Crippen LogP contribution in [-0.2, 0) is 0 Å². The molecule has 0 aliphatic rings. The molecule has 0 unspecified atom stereocenters. The number of pyridine rings is 1. The zero-order chi connectivity index (χ0) is 22.3. The van der Waals surface area contributed by atoms with Gasteiger partial charge in [-0.05, 0) is 56.3 Å². The number of aromatic nitrogens is 3. The van der Waals surface area contributed by atoms with Gasteiger partial charge in [0.05, 0.1) is 18.8 Å². The zero-order valence-corrected chi connectivity index (χ0v) is 17.7. The number of ether oxygens (including phenoxy) is 2. The molecule has 0 radical (unpaired) electrons. The molecular formula is C24H22N4O4. The molecule has 8 heteroatoms. The summed E-state index contributed by atoms with van der Waals surface area (Å²) < 4.78 is 16.7. The Labute approximate surface area is 185 Å². The summed E-state index contributed by atoms with van der Waals surface area (Å²) in [5.74, 6) is 1.79. The molecule has 2 aromatic heterocycles. The number of anilines is 1. The maximum atomic E-state index is 12.4. The van der Waals surface area contributed by atoms with E-state index >= 15 is 0 Å². The van der Waals surface area contributed by atoms with Crippen molar-refractivity contribution in [2.24, 2.45) is 0 Å². The average molecular weight is 430 g/mol. The van der Waals surface area contributed by atoms with Crippen LogP contribution in [0.5, 0.6) is 11.5 Å². The fourth-order valence-electron chi connectivity index (χ4n) is 3.08. The van der Waals surface area contributed by atoms with Gasteiger partial charge in [0, 0.05) is 29.2 Å². The lowest BCUT2D eigenvalue weighted by Gasteiger charge is -2.11. The van der Waals surface area contributed by atoms with Crippen molar-refractivity contribution < 1.29 is 18.8 Å². The van der Waals surface area contributed by atoms with Crippen molar-refractivity contribution >= 4 is 11.6 Å². The van der Waals surface area contributed by atoms with Crippen LogP contribution in [0.3, 0.4) is 0 Å². The Morgan fingerprint density at radius 1 is 0.969 bits per heavy atom. The summed E-state index contributed by atoms with van der Waals surface area (Å²) in [5.41, 5.74) is 2.51. The topological polar surface area (TPSA) is 99.4 Å². The fraction of sp³-hybridized carbons (Fsp3) is 0.167. The van der Waals surface area contributed by atoms with E-state index < -0.39 is 0 Å². The van der Waals surface area contributed by atoms with Gasteiger partial charge in [-0.15, -0.1) is 0 Å². The quantitative estimate of drug-likeness (QED) is 0.427. The van der Waals surface area contributed by atoms with E-state index in [1.165, 1.54) is 6.20 Å². The van der Waals surface area contributed by atoms with E-state index in [9.17, 15) is 4.79 Å². The molecule has 0 saturated carbocycles. The SMILES string of the molecule is CCOc1ccc(-c2nc(-c3cccc(NC(=O)c4cccnc4)c3)no2)cc1OCC. The number of hydrogen-bond acceptors (Lipinski definition) is 7. The minimum Gasteiger partial charge on any atom is -0.490 e. The van der Waals surface area contributed by atoms with Gasteiger partial charge in [-0.3, -0.25) is 9.78 Å². The van der Waals surface area contributed by atoms with Gasteiger partial charge in [0.2, 0.25) is 5.82 Å². The number of carbonyl (C=O) groups is 1. The first-order valence-corrected chi connectivity index (χ1v) is 10.2. The Morgan fingerprint density at radius 2 is 1.81 bits per heavy atom. The van der Waals surface area contributed by atoms with E-state index in [1.807, 2.05) is 44.2 Å². The lowest BCUT2D eigenvalue weighted by molar-refractivity contribution is 0.102. The second kappa shape index (κ2) is 9.74. The highest BCUT2D eigenvalue weighted by Gasteiger charge is 2.15. The van der Waals surface area contributed by atoms with Crippen molar-refractivity contribution in [1.29, 1.82) is 0 Å². The molecule has 1 amide bonds. The molecular weight excluding hydrogens is 408 g/mol. The summed E-state index contributed by atoms with van der Waals surface area (Å²) in [4.78, 5) is 20.9. The Bertz CT molecular complexity index is 1210. The molecule has 4 aromatic rings. The number of nitrogens with zero attached hydrogens (tertiary/aromatic N) is 3. The highest BCUT2D eigenvalue weighted by Crippen LogP contribution is 2.33. The first kappa shape index (κ1) is 21.0. The van der Waals surface area contributed by atoms with Crippen molar-refractivity contribution in [1.82, 2.24) is 15.1 Å². The van der Waals surface area contributed by atoms with Crippen LogP contribution in [0.2, 0.25) is 0 Å².